The monoisotopic (exact) mass is 148 g/mol. The summed E-state index contributed by atoms with van der Waals surface area (Å²) in [6.07, 6.45) is 11.7. The minimum atomic E-state index is 0.840. The molecule has 11 heavy (non-hydrogen) atoms. The first-order valence-corrected chi connectivity index (χ1v) is 3.74. The first-order valence-electron chi connectivity index (χ1n) is 3.74. The predicted octanol–water partition coefficient (Wildman–Crippen LogP) is 1.38. The molecule has 1 aromatic heterocycles. The quantitative estimate of drug-likeness (QED) is 0.467. The standard InChI is InChI=1S/C9H12N2/c1-3-4-5-6-9-10-7-8-11(9)2/h1,7-8H,4-6H2,2H3. The molecule has 0 saturated carbocycles. The number of hydrogen-bond acceptors (Lipinski definition) is 1. The first-order chi connectivity index (χ1) is 5.34. The molecular weight excluding hydrogens is 136 g/mol. The molecule has 1 aromatic rings. The van der Waals surface area contributed by atoms with Crippen LogP contribution < -0.4 is 0 Å². The highest BCUT2D eigenvalue weighted by Crippen LogP contribution is 2.00. The van der Waals surface area contributed by atoms with Gasteiger partial charge in [0.05, 0.1) is 0 Å². The molecule has 0 amide bonds. The Kier molecular flexibility index (Phi) is 2.74. The van der Waals surface area contributed by atoms with E-state index in [1.807, 2.05) is 24.0 Å². The Bertz CT molecular complexity index is 255. The number of hydrogen-bond donors (Lipinski definition) is 0. The molecule has 0 aliphatic rings. The van der Waals surface area contributed by atoms with Crippen LogP contribution in [-0.4, -0.2) is 9.55 Å². The molecule has 0 fully saturated rings. The number of nitrogens with zero attached hydrogens (tertiary/aromatic N) is 2. The Morgan fingerprint density at radius 3 is 3.09 bits per heavy atom. The van der Waals surface area contributed by atoms with E-state index in [-0.39, 0.29) is 0 Å². The van der Waals surface area contributed by atoms with E-state index in [9.17, 15) is 0 Å². The largest absolute Gasteiger partial charge is 0.338 e. The average Bonchev–Trinajstić information content (AvgIpc) is 2.37. The maximum atomic E-state index is 5.13. The zero-order valence-electron chi connectivity index (χ0n) is 6.75. The summed E-state index contributed by atoms with van der Waals surface area (Å²) in [7, 11) is 2.00. The van der Waals surface area contributed by atoms with E-state index in [0.29, 0.717) is 0 Å². The lowest BCUT2D eigenvalue weighted by Gasteiger charge is -1.97. The molecule has 0 N–H and O–H groups in total. The van der Waals surface area contributed by atoms with Gasteiger partial charge in [0, 0.05) is 32.3 Å². The van der Waals surface area contributed by atoms with Gasteiger partial charge in [0.2, 0.25) is 0 Å². The fourth-order valence-electron chi connectivity index (χ4n) is 0.986. The highest BCUT2D eigenvalue weighted by atomic mass is 15.0. The summed E-state index contributed by atoms with van der Waals surface area (Å²) in [5.74, 6) is 3.72. The summed E-state index contributed by atoms with van der Waals surface area (Å²) < 4.78 is 2.02. The van der Waals surface area contributed by atoms with Crippen molar-refractivity contribution in [3.8, 4) is 12.3 Å². The van der Waals surface area contributed by atoms with Crippen molar-refractivity contribution in [2.75, 3.05) is 0 Å². The van der Waals surface area contributed by atoms with Crippen molar-refractivity contribution in [1.29, 1.82) is 0 Å². The van der Waals surface area contributed by atoms with Crippen molar-refractivity contribution in [2.45, 2.75) is 19.3 Å². The zero-order chi connectivity index (χ0) is 8.10. The van der Waals surface area contributed by atoms with Crippen molar-refractivity contribution >= 4 is 0 Å². The molecule has 1 rings (SSSR count). The van der Waals surface area contributed by atoms with E-state index < -0.39 is 0 Å². The lowest BCUT2D eigenvalue weighted by atomic mass is 10.2. The topological polar surface area (TPSA) is 17.8 Å². The third-order valence-corrected chi connectivity index (χ3v) is 1.64. The first kappa shape index (κ1) is 7.87. The van der Waals surface area contributed by atoms with Crippen LogP contribution >= 0.6 is 0 Å². The highest BCUT2D eigenvalue weighted by Gasteiger charge is 1.96. The van der Waals surface area contributed by atoms with Crippen LogP contribution in [0.3, 0.4) is 0 Å². The minimum Gasteiger partial charge on any atom is -0.338 e. The van der Waals surface area contributed by atoms with Crippen LogP contribution in [0.15, 0.2) is 12.4 Å². The number of aromatic nitrogens is 2. The van der Waals surface area contributed by atoms with E-state index >= 15 is 0 Å². The van der Waals surface area contributed by atoms with Crippen molar-refractivity contribution in [2.24, 2.45) is 7.05 Å². The molecule has 0 aliphatic heterocycles. The molecule has 0 aromatic carbocycles. The van der Waals surface area contributed by atoms with Crippen molar-refractivity contribution in [1.82, 2.24) is 9.55 Å². The molecule has 58 valence electrons. The second-order valence-electron chi connectivity index (χ2n) is 2.51. The Hall–Kier alpha value is -1.23. The van der Waals surface area contributed by atoms with Gasteiger partial charge < -0.3 is 4.57 Å². The van der Waals surface area contributed by atoms with Gasteiger partial charge >= 0.3 is 0 Å². The van der Waals surface area contributed by atoms with Gasteiger partial charge in [-0.1, -0.05) is 0 Å². The summed E-state index contributed by atoms with van der Waals surface area (Å²) in [6, 6.07) is 0. The van der Waals surface area contributed by atoms with Gasteiger partial charge in [0.1, 0.15) is 5.82 Å². The van der Waals surface area contributed by atoms with Crippen LogP contribution in [0.25, 0.3) is 0 Å². The number of unbranched alkanes of at least 4 members (excludes halogenated alkanes) is 1. The predicted molar refractivity (Wildman–Crippen MR) is 45.0 cm³/mol. The molecule has 0 saturated heterocycles. The summed E-state index contributed by atoms with van der Waals surface area (Å²) in [6.45, 7) is 0. The molecule has 2 nitrogen and oxygen atoms in total. The third kappa shape index (κ3) is 2.12. The molecule has 0 atom stereocenters. The van der Waals surface area contributed by atoms with Crippen LogP contribution in [0.4, 0.5) is 0 Å². The Morgan fingerprint density at radius 2 is 2.55 bits per heavy atom. The molecule has 0 unspecified atom stereocenters. The fourth-order valence-corrected chi connectivity index (χ4v) is 0.986. The lowest BCUT2D eigenvalue weighted by molar-refractivity contribution is 0.738. The highest BCUT2D eigenvalue weighted by molar-refractivity contribution is 4.92. The number of imidazole rings is 1. The van der Waals surface area contributed by atoms with Gasteiger partial charge in [-0.15, -0.1) is 12.3 Å². The van der Waals surface area contributed by atoms with Crippen molar-refractivity contribution < 1.29 is 0 Å². The summed E-state index contributed by atoms with van der Waals surface area (Å²) >= 11 is 0. The number of aryl methyl sites for hydroxylation is 2. The third-order valence-electron chi connectivity index (χ3n) is 1.64. The van der Waals surface area contributed by atoms with E-state index in [2.05, 4.69) is 10.9 Å². The van der Waals surface area contributed by atoms with E-state index in [4.69, 9.17) is 6.42 Å². The number of terminal acetylenes is 1. The second-order valence-corrected chi connectivity index (χ2v) is 2.51. The van der Waals surface area contributed by atoms with Gasteiger partial charge in [-0.05, 0) is 6.42 Å². The maximum absolute atomic E-state index is 5.13. The van der Waals surface area contributed by atoms with E-state index in [1.165, 1.54) is 0 Å². The number of rotatable bonds is 3. The van der Waals surface area contributed by atoms with Crippen LogP contribution in [0.2, 0.25) is 0 Å². The fraction of sp³-hybridized carbons (Fsp3) is 0.444. The summed E-state index contributed by atoms with van der Waals surface area (Å²) in [4.78, 5) is 4.18. The molecule has 0 spiro atoms. The Balaban J connectivity index is 2.40. The smallest absolute Gasteiger partial charge is 0.108 e. The SMILES string of the molecule is C#CCCCc1nccn1C. The van der Waals surface area contributed by atoms with Crippen molar-refractivity contribution in [3.63, 3.8) is 0 Å². The van der Waals surface area contributed by atoms with Crippen LogP contribution in [0, 0.1) is 12.3 Å². The van der Waals surface area contributed by atoms with Crippen LogP contribution in [0.5, 0.6) is 0 Å². The molecular formula is C9H12N2. The van der Waals surface area contributed by atoms with Gasteiger partial charge in [0.15, 0.2) is 0 Å². The normalized spacial score (nSPS) is 9.45. The summed E-state index contributed by atoms with van der Waals surface area (Å²) in [5.41, 5.74) is 0. The van der Waals surface area contributed by atoms with Crippen molar-refractivity contribution in [3.05, 3.63) is 18.2 Å². The maximum Gasteiger partial charge on any atom is 0.108 e. The van der Waals surface area contributed by atoms with Gasteiger partial charge in [-0.25, -0.2) is 4.98 Å². The molecule has 1 heterocycles. The van der Waals surface area contributed by atoms with Gasteiger partial charge in [-0.3, -0.25) is 0 Å². The molecule has 0 radical (unpaired) electrons. The summed E-state index contributed by atoms with van der Waals surface area (Å²) in [5, 5.41) is 0. The van der Waals surface area contributed by atoms with Gasteiger partial charge in [-0.2, -0.15) is 0 Å². The van der Waals surface area contributed by atoms with E-state index in [1.54, 1.807) is 0 Å². The van der Waals surface area contributed by atoms with Crippen LogP contribution in [-0.2, 0) is 13.5 Å². The second kappa shape index (κ2) is 3.82. The molecule has 0 aliphatic carbocycles. The average molecular weight is 148 g/mol. The Labute approximate surface area is 67.3 Å². The zero-order valence-corrected chi connectivity index (χ0v) is 6.75. The lowest BCUT2D eigenvalue weighted by Crippen LogP contribution is -1.96. The minimum absolute atomic E-state index is 0.840. The van der Waals surface area contributed by atoms with E-state index in [0.717, 1.165) is 25.1 Å². The van der Waals surface area contributed by atoms with Gasteiger partial charge in [0.25, 0.3) is 0 Å². The van der Waals surface area contributed by atoms with Crippen LogP contribution in [0.1, 0.15) is 18.7 Å². The molecule has 2 heteroatoms. The Morgan fingerprint density at radius 1 is 1.73 bits per heavy atom. The molecule has 0 bridgehead atoms.